The normalized spacial score (nSPS) is 11.5. The second kappa shape index (κ2) is 62.1. The van der Waals surface area contributed by atoms with Crippen LogP contribution < -0.4 is 67.7 Å². The van der Waals surface area contributed by atoms with Crippen LogP contribution in [0.25, 0.3) is 0 Å². The van der Waals surface area contributed by atoms with Gasteiger partial charge in [-0.1, -0.05) is 247 Å². The smallest absolute Gasteiger partial charge is 0.218 e. The van der Waals surface area contributed by atoms with E-state index in [1.165, 1.54) is 71.8 Å². The predicted octanol–water partition coefficient (Wildman–Crippen LogP) is 25.3. The van der Waals surface area contributed by atoms with Crippen molar-refractivity contribution in [2.45, 2.75) is 87.8 Å². The summed E-state index contributed by atoms with van der Waals surface area (Å²) in [5, 5.41) is 17.5. The van der Waals surface area contributed by atoms with Crippen LogP contribution in [0.3, 0.4) is 0 Å². The number of nitrogens with one attached hydrogen (secondary N) is 2. The SMILES string of the molecule is CNCCC(Oc1cccc(F)c1)c1cccc(F)c1.CNCCC(Oc1ccccc1OC)c1ccccc1.NC(=O)CC(c1cccc(F)c1)c1cccc(F)c1.NCCC(Oc1cccc(Cl)c1)c1cccc(Cl)c1.NCCC(Oc1cccc(F)c1)c1cccc(Cl)c1.NCCC(Oc1ccccc1)c1cccc(Cl)c1.NCCCc1ccccc1.Oc1ccccc1. The molecule has 0 aliphatic heterocycles. The molecule has 14 rings (SSSR count). The quantitative estimate of drug-likeness (QED) is 0.0172. The molecule has 0 aliphatic carbocycles. The maximum Gasteiger partial charge on any atom is 0.218 e. The summed E-state index contributed by atoms with van der Waals surface area (Å²) in [6.45, 7) is 3.99. The number of benzene rings is 14. The van der Waals surface area contributed by atoms with Gasteiger partial charge in [0.15, 0.2) is 11.5 Å². The number of aromatic hydroxyl groups is 1. The van der Waals surface area contributed by atoms with Crippen molar-refractivity contribution in [1.82, 2.24) is 10.6 Å². The summed E-state index contributed by atoms with van der Waals surface area (Å²) < 4.78 is 101. The molecular weight excluding hydrogens is 1760 g/mol. The number of halogens is 9. The minimum Gasteiger partial charge on any atom is -0.508 e. The van der Waals surface area contributed by atoms with Gasteiger partial charge in [-0.2, -0.15) is 0 Å². The average molecular weight is 1880 g/mol. The molecule has 0 radical (unpaired) electrons. The van der Waals surface area contributed by atoms with Crippen molar-refractivity contribution < 1.29 is 60.3 Å². The van der Waals surface area contributed by atoms with E-state index in [2.05, 4.69) is 47.0 Å². The Labute approximate surface area is 792 Å². The Bertz CT molecular complexity index is 5400. The van der Waals surface area contributed by atoms with Gasteiger partial charge in [0.05, 0.1) is 7.11 Å². The van der Waals surface area contributed by atoms with Gasteiger partial charge in [0.25, 0.3) is 0 Å². The van der Waals surface area contributed by atoms with Gasteiger partial charge in [0, 0.05) is 76.7 Å². The second-order valence-corrected chi connectivity index (χ2v) is 31.3. The number of methoxy groups -OCH3 is 1. The summed E-state index contributed by atoms with van der Waals surface area (Å²) in [6, 6.07) is 107. The standard InChI is InChI=1S/C17H21NO2.C16H17F2NO.C15H15Cl2NO.C15H15ClFNO.C15H16ClNO.C15H13F2NO.C9H13N.C6H6O/c1-18-13-12-15(14-8-4-3-5-9-14)20-17-11-7-6-10-16(17)19-2;1-19-9-8-16(12-4-2-5-13(17)10-12)20-15-7-3-6-14(18)11-15;2*16-12-4-1-3-11(9-12)15(7-8-18)19-14-6-2-5-13(17)10-14;16-13-6-4-5-12(11-13)15(9-10-17)18-14-7-2-1-3-8-14;16-12-5-1-3-10(7-12)14(9-15(18)19)11-4-2-6-13(17)8-11;10-8-4-7-9-5-2-1-3-6-9;7-6-4-2-1-3-5-6/h3-11,15,18H,12-13H2,1-2H3;2-7,10-11,16,19H,8-9H2,1H3;2*1-6,9-10,15H,7-8,18H2;1-8,11,15H,9-10,17H2;1-8,14H,9H2,(H2,18,19);1-3,5-6H,4,7-8,10H2;1-5,7H. The largest absolute Gasteiger partial charge is 0.508 e. The summed E-state index contributed by atoms with van der Waals surface area (Å²) in [6.07, 6.45) is 5.16. The fraction of sp³-hybridized carbons (Fsp3) is 0.213. The Balaban J connectivity index is 0.000000209. The molecule has 5 atom stereocenters. The molecule has 13 N–H and O–H groups in total. The van der Waals surface area contributed by atoms with Gasteiger partial charge in [0.2, 0.25) is 5.91 Å². The lowest BCUT2D eigenvalue weighted by molar-refractivity contribution is -0.118. The molecule has 14 aromatic carbocycles. The van der Waals surface area contributed by atoms with Gasteiger partial charge in [-0.25, -0.2) is 22.0 Å². The van der Waals surface area contributed by atoms with Gasteiger partial charge in [-0.05, 0) is 262 Å². The lowest BCUT2D eigenvalue weighted by atomic mass is 9.88. The molecule has 14 aromatic rings. The summed E-state index contributed by atoms with van der Waals surface area (Å²) in [5.74, 6) is 1.62. The average Bonchev–Trinajstić information content (AvgIpc) is 0.830. The van der Waals surface area contributed by atoms with Gasteiger partial charge >= 0.3 is 0 Å². The third-order valence-corrected chi connectivity index (χ3v) is 20.4. The highest BCUT2D eigenvalue weighted by Crippen LogP contribution is 2.36. The van der Waals surface area contributed by atoms with E-state index in [0.29, 0.717) is 87.4 Å². The van der Waals surface area contributed by atoms with Gasteiger partial charge in [-0.15, -0.1) is 0 Å². The van der Waals surface area contributed by atoms with Crippen LogP contribution in [0.4, 0.5) is 22.0 Å². The molecular formula is C108H116Cl4F5N7O8. The molecule has 0 heterocycles. The first-order chi connectivity index (χ1) is 64.1. The van der Waals surface area contributed by atoms with Crippen molar-refractivity contribution in [3.05, 3.63) is 458 Å². The maximum atomic E-state index is 13.3. The highest BCUT2D eigenvalue weighted by molar-refractivity contribution is 6.31. The van der Waals surface area contributed by atoms with E-state index in [9.17, 15) is 26.7 Å². The number of primary amides is 1. The number of hydrogen-bond acceptors (Lipinski definition) is 14. The highest BCUT2D eigenvalue weighted by atomic mass is 35.5. The van der Waals surface area contributed by atoms with E-state index in [1.54, 1.807) is 98.1 Å². The lowest BCUT2D eigenvalue weighted by Gasteiger charge is -2.21. The first-order valence-corrected chi connectivity index (χ1v) is 44.6. The minimum absolute atomic E-state index is 0.00685. The number of phenolic OH excluding ortho intramolecular Hbond substituents is 1. The first-order valence-electron chi connectivity index (χ1n) is 43.1. The number of nitrogens with two attached hydrogens (primary N) is 5. The minimum atomic E-state index is -0.515. The number of carbonyl (C=O) groups excluding carboxylic acids is 1. The number of phenols is 1. The van der Waals surface area contributed by atoms with Crippen LogP contribution in [0.2, 0.25) is 20.1 Å². The molecule has 15 nitrogen and oxygen atoms in total. The zero-order valence-electron chi connectivity index (χ0n) is 74.1. The van der Waals surface area contributed by atoms with Crippen LogP contribution in [0.5, 0.6) is 40.2 Å². The Kier molecular flexibility index (Phi) is 50.3. The van der Waals surface area contributed by atoms with Crippen molar-refractivity contribution >= 4 is 52.3 Å². The zero-order valence-corrected chi connectivity index (χ0v) is 77.1. The molecule has 1 amide bonds. The van der Waals surface area contributed by atoms with E-state index in [-0.39, 0.29) is 54.4 Å². The van der Waals surface area contributed by atoms with Crippen LogP contribution in [0.1, 0.15) is 126 Å². The fourth-order valence-corrected chi connectivity index (χ4v) is 13.8. The van der Waals surface area contributed by atoms with Gasteiger partial charge < -0.3 is 72.8 Å². The van der Waals surface area contributed by atoms with Crippen molar-refractivity contribution in [2.75, 3.05) is 60.5 Å². The number of para-hydroxylation sites is 4. The number of ether oxygens (including phenoxy) is 6. The van der Waals surface area contributed by atoms with Crippen molar-refractivity contribution in [3.8, 4) is 40.2 Å². The van der Waals surface area contributed by atoms with E-state index in [4.69, 9.17) is 109 Å². The van der Waals surface area contributed by atoms with Gasteiger partial charge in [-0.3, -0.25) is 4.79 Å². The van der Waals surface area contributed by atoms with Crippen molar-refractivity contribution in [1.29, 1.82) is 0 Å². The van der Waals surface area contributed by atoms with E-state index in [1.807, 2.05) is 190 Å². The number of hydrogen-bond donors (Lipinski definition) is 8. The number of aryl methyl sites for hydroxylation is 1. The molecule has 0 saturated carbocycles. The number of carbonyl (C=O) groups is 1. The van der Waals surface area contributed by atoms with E-state index in [0.717, 1.165) is 90.6 Å². The Morgan fingerprint density at radius 1 is 0.326 bits per heavy atom. The highest BCUT2D eigenvalue weighted by Gasteiger charge is 2.22. The number of amides is 1. The van der Waals surface area contributed by atoms with Crippen LogP contribution in [0, 0.1) is 29.1 Å². The molecule has 24 heteroatoms. The monoisotopic (exact) mass is 1870 g/mol. The summed E-state index contributed by atoms with van der Waals surface area (Å²) in [5.41, 5.74) is 35.0. The molecule has 0 fully saturated rings. The predicted molar refractivity (Wildman–Crippen MR) is 526 cm³/mol. The van der Waals surface area contributed by atoms with Crippen LogP contribution in [-0.4, -0.2) is 71.5 Å². The molecule has 0 aliphatic rings. The third-order valence-electron chi connectivity index (χ3n) is 19.4. The van der Waals surface area contributed by atoms with E-state index < -0.39 is 23.5 Å². The molecule has 0 aromatic heterocycles. The third kappa shape index (κ3) is 41.9. The fourth-order valence-electron chi connectivity index (χ4n) is 13.1. The maximum absolute atomic E-state index is 13.3. The molecule has 0 saturated heterocycles. The van der Waals surface area contributed by atoms with Crippen LogP contribution >= 0.6 is 46.4 Å². The molecule has 5 unspecified atom stereocenters. The molecule has 0 spiro atoms. The summed E-state index contributed by atoms with van der Waals surface area (Å²) >= 11 is 23.9. The molecule has 694 valence electrons. The zero-order chi connectivity index (χ0) is 94.9. The Morgan fingerprint density at radius 3 is 0.992 bits per heavy atom. The second-order valence-electron chi connectivity index (χ2n) is 29.6. The van der Waals surface area contributed by atoms with Crippen LogP contribution in [-0.2, 0) is 11.2 Å². The van der Waals surface area contributed by atoms with E-state index >= 15 is 0 Å². The summed E-state index contributed by atoms with van der Waals surface area (Å²) in [4.78, 5) is 11.2. The topological polar surface area (TPSA) is 247 Å². The Morgan fingerprint density at radius 2 is 0.629 bits per heavy atom. The van der Waals surface area contributed by atoms with Crippen LogP contribution in [0.15, 0.2) is 364 Å². The summed E-state index contributed by atoms with van der Waals surface area (Å²) in [7, 11) is 5.45. The Hall–Kier alpha value is -12.3. The molecule has 132 heavy (non-hydrogen) atoms. The van der Waals surface area contributed by atoms with Gasteiger partial charge in [0.1, 0.15) is 88.4 Å². The lowest BCUT2D eigenvalue weighted by Crippen LogP contribution is -2.16. The van der Waals surface area contributed by atoms with Crippen molar-refractivity contribution in [3.63, 3.8) is 0 Å². The molecule has 0 bridgehead atoms. The van der Waals surface area contributed by atoms with Crippen molar-refractivity contribution in [2.24, 2.45) is 28.7 Å². The first kappa shape index (κ1) is 107. The number of rotatable bonds is 35.